The molecule has 0 fully saturated rings. The summed E-state index contributed by atoms with van der Waals surface area (Å²) in [5.41, 5.74) is 1.85. The molecule has 0 amide bonds. The number of benzene rings is 1. The lowest BCUT2D eigenvalue weighted by atomic mass is 9.85. The molecule has 0 bridgehead atoms. The van der Waals surface area contributed by atoms with E-state index in [1.807, 2.05) is 30.5 Å². The first-order chi connectivity index (χ1) is 9.54. The van der Waals surface area contributed by atoms with Crippen molar-refractivity contribution in [3.63, 3.8) is 0 Å². The van der Waals surface area contributed by atoms with Crippen LogP contribution < -0.4 is 0 Å². The molecule has 0 saturated heterocycles. The second-order valence-electron chi connectivity index (χ2n) is 5.12. The summed E-state index contributed by atoms with van der Waals surface area (Å²) in [6.45, 7) is 6.51. The Labute approximate surface area is 123 Å². The highest BCUT2D eigenvalue weighted by Crippen LogP contribution is 2.33. The van der Waals surface area contributed by atoms with Crippen molar-refractivity contribution < 1.29 is 9.53 Å². The van der Waals surface area contributed by atoms with Gasteiger partial charge in [-0.25, -0.2) is 4.98 Å². The van der Waals surface area contributed by atoms with Gasteiger partial charge in [0, 0.05) is 10.8 Å². The SMILES string of the molecule is CCOC(=O)Cc1csc(C(C)(C)c2ccccc2)n1. The molecule has 1 heterocycles. The molecule has 2 rings (SSSR count). The Morgan fingerprint density at radius 1 is 1.30 bits per heavy atom. The lowest BCUT2D eigenvalue weighted by Crippen LogP contribution is -2.18. The van der Waals surface area contributed by atoms with Crippen molar-refractivity contribution in [3.05, 3.63) is 52.0 Å². The van der Waals surface area contributed by atoms with Gasteiger partial charge in [-0.15, -0.1) is 11.3 Å². The number of nitrogens with zero attached hydrogens (tertiary/aromatic N) is 1. The number of ether oxygens (including phenoxy) is 1. The smallest absolute Gasteiger partial charge is 0.311 e. The second kappa shape index (κ2) is 6.18. The Kier molecular flexibility index (Phi) is 4.55. The topological polar surface area (TPSA) is 39.2 Å². The van der Waals surface area contributed by atoms with E-state index in [2.05, 4.69) is 31.0 Å². The van der Waals surface area contributed by atoms with Crippen LogP contribution in [0.15, 0.2) is 35.7 Å². The lowest BCUT2D eigenvalue weighted by molar-refractivity contribution is -0.142. The van der Waals surface area contributed by atoms with Crippen molar-refractivity contribution in [1.82, 2.24) is 4.98 Å². The number of hydrogen-bond acceptors (Lipinski definition) is 4. The normalized spacial score (nSPS) is 11.3. The van der Waals surface area contributed by atoms with Crippen LogP contribution in [0.1, 0.15) is 37.0 Å². The first-order valence-electron chi connectivity index (χ1n) is 6.70. The Balaban J connectivity index is 2.18. The molecular weight excluding hydrogens is 270 g/mol. The van der Waals surface area contributed by atoms with Gasteiger partial charge in [-0.2, -0.15) is 0 Å². The third-order valence-corrected chi connectivity index (χ3v) is 4.43. The van der Waals surface area contributed by atoms with E-state index in [-0.39, 0.29) is 17.8 Å². The molecule has 2 aromatic rings. The molecule has 0 N–H and O–H groups in total. The molecule has 0 atom stereocenters. The fraction of sp³-hybridized carbons (Fsp3) is 0.375. The summed E-state index contributed by atoms with van der Waals surface area (Å²) >= 11 is 1.59. The predicted molar refractivity (Wildman–Crippen MR) is 81.0 cm³/mol. The van der Waals surface area contributed by atoms with E-state index in [4.69, 9.17) is 4.74 Å². The Hall–Kier alpha value is -1.68. The lowest BCUT2D eigenvalue weighted by Gasteiger charge is -2.22. The molecule has 20 heavy (non-hydrogen) atoms. The second-order valence-corrected chi connectivity index (χ2v) is 5.97. The van der Waals surface area contributed by atoms with Crippen LogP contribution in [0, 0.1) is 0 Å². The van der Waals surface area contributed by atoms with Crippen LogP contribution in [0.3, 0.4) is 0 Å². The summed E-state index contributed by atoms with van der Waals surface area (Å²) in [5, 5.41) is 2.96. The number of thiazole rings is 1. The molecule has 1 aromatic carbocycles. The standard InChI is InChI=1S/C16H19NO2S/c1-4-19-14(18)10-13-11-20-15(17-13)16(2,3)12-8-6-5-7-9-12/h5-9,11H,4,10H2,1-3H3. The van der Waals surface area contributed by atoms with Gasteiger partial charge in [0.15, 0.2) is 0 Å². The number of esters is 1. The maximum absolute atomic E-state index is 11.5. The molecule has 0 saturated carbocycles. The van der Waals surface area contributed by atoms with Crippen LogP contribution in [0.2, 0.25) is 0 Å². The summed E-state index contributed by atoms with van der Waals surface area (Å²) in [4.78, 5) is 16.1. The molecule has 0 aliphatic rings. The van der Waals surface area contributed by atoms with Crippen molar-refractivity contribution >= 4 is 17.3 Å². The van der Waals surface area contributed by atoms with Crippen LogP contribution in [0.5, 0.6) is 0 Å². The molecule has 0 spiro atoms. The predicted octanol–water partition coefficient (Wildman–Crippen LogP) is 3.57. The highest BCUT2D eigenvalue weighted by molar-refractivity contribution is 7.09. The van der Waals surface area contributed by atoms with Crippen molar-refractivity contribution in [2.45, 2.75) is 32.6 Å². The highest BCUT2D eigenvalue weighted by Gasteiger charge is 2.26. The largest absolute Gasteiger partial charge is 0.466 e. The molecule has 0 aliphatic carbocycles. The third kappa shape index (κ3) is 3.25. The minimum atomic E-state index is -0.220. The average molecular weight is 289 g/mol. The summed E-state index contributed by atoms with van der Waals surface area (Å²) in [7, 11) is 0. The summed E-state index contributed by atoms with van der Waals surface area (Å²) < 4.78 is 4.95. The van der Waals surface area contributed by atoms with Gasteiger partial charge < -0.3 is 4.74 Å². The fourth-order valence-electron chi connectivity index (χ4n) is 2.01. The van der Waals surface area contributed by atoms with Crippen LogP contribution >= 0.6 is 11.3 Å². The van der Waals surface area contributed by atoms with E-state index in [9.17, 15) is 4.79 Å². The molecule has 106 valence electrons. The Morgan fingerprint density at radius 3 is 2.65 bits per heavy atom. The van der Waals surface area contributed by atoms with E-state index in [0.717, 1.165) is 10.7 Å². The fourth-order valence-corrected chi connectivity index (χ4v) is 2.98. The van der Waals surface area contributed by atoms with E-state index >= 15 is 0 Å². The van der Waals surface area contributed by atoms with Gasteiger partial charge >= 0.3 is 5.97 Å². The third-order valence-electron chi connectivity index (χ3n) is 3.21. The van der Waals surface area contributed by atoms with Gasteiger partial charge in [-0.05, 0) is 26.3 Å². The molecule has 0 unspecified atom stereocenters. The zero-order valence-electron chi connectivity index (χ0n) is 12.1. The first-order valence-corrected chi connectivity index (χ1v) is 7.58. The number of aromatic nitrogens is 1. The summed E-state index contributed by atoms with van der Waals surface area (Å²) in [5.74, 6) is -0.220. The molecular formula is C16H19NO2S. The van der Waals surface area contributed by atoms with Gasteiger partial charge in [0.1, 0.15) is 5.01 Å². The monoisotopic (exact) mass is 289 g/mol. The van der Waals surface area contributed by atoms with Crippen molar-refractivity contribution in [1.29, 1.82) is 0 Å². The molecule has 4 heteroatoms. The summed E-state index contributed by atoms with van der Waals surface area (Å²) in [6.07, 6.45) is 0.245. The summed E-state index contributed by atoms with van der Waals surface area (Å²) in [6, 6.07) is 10.3. The highest BCUT2D eigenvalue weighted by atomic mass is 32.1. The quantitative estimate of drug-likeness (QED) is 0.790. The number of carbonyl (C=O) groups is 1. The molecule has 3 nitrogen and oxygen atoms in total. The van der Waals surface area contributed by atoms with Gasteiger partial charge in [-0.1, -0.05) is 30.3 Å². The van der Waals surface area contributed by atoms with E-state index < -0.39 is 0 Å². The van der Waals surface area contributed by atoms with Crippen LogP contribution in [0.25, 0.3) is 0 Å². The van der Waals surface area contributed by atoms with Crippen LogP contribution in [-0.2, 0) is 21.4 Å². The van der Waals surface area contributed by atoms with Gasteiger partial charge in [0.2, 0.25) is 0 Å². The van der Waals surface area contributed by atoms with Gasteiger partial charge in [-0.3, -0.25) is 4.79 Å². The zero-order valence-corrected chi connectivity index (χ0v) is 12.9. The molecule has 1 aromatic heterocycles. The van der Waals surface area contributed by atoms with Gasteiger partial charge in [0.25, 0.3) is 0 Å². The van der Waals surface area contributed by atoms with Crippen LogP contribution in [-0.4, -0.2) is 17.6 Å². The number of carbonyl (C=O) groups excluding carboxylic acids is 1. The zero-order chi connectivity index (χ0) is 14.6. The number of rotatable bonds is 5. The number of hydrogen-bond donors (Lipinski definition) is 0. The van der Waals surface area contributed by atoms with Crippen LogP contribution in [0.4, 0.5) is 0 Å². The van der Waals surface area contributed by atoms with Crippen molar-refractivity contribution in [2.75, 3.05) is 6.61 Å². The van der Waals surface area contributed by atoms with E-state index in [1.165, 1.54) is 5.56 Å². The maximum Gasteiger partial charge on any atom is 0.311 e. The minimum Gasteiger partial charge on any atom is -0.466 e. The van der Waals surface area contributed by atoms with Crippen molar-refractivity contribution in [3.8, 4) is 0 Å². The minimum absolute atomic E-state index is 0.154. The maximum atomic E-state index is 11.5. The molecule has 0 radical (unpaired) electrons. The van der Waals surface area contributed by atoms with E-state index in [0.29, 0.717) is 6.61 Å². The van der Waals surface area contributed by atoms with E-state index in [1.54, 1.807) is 11.3 Å². The Bertz CT molecular complexity index is 575. The first kappa shape index (κ1) is 14.7. The molecule has 0 aliphatic heterocycles. The Morgan fingerprint density at radius 2 is 2.00 bits per heavy atom. The average Bonchev–Trinajstić information content (AvgIpc) is 2.89. The van der Waals surface area contributed by atoms with Gasteiger partial charge in [0.05, 0.1) is 18.7 Å². The van der Waals surface area contributed by atoms with Crippen molar-refractivity contribution in [2.24, 2.45) is 0 Å².